The van der Waals surface area contributed by atoms with Crippen molar-refractivity contribution in [1.82, 2.24) is 10.2 Å². The minimum absolute atomic E-state index is 0.0254. The van der Waals surface area contributed by atoms with E-state index in [-0.39, 0.29) is 18.2 Å². The van der Waals surface area contributed by atoms with Crippen molar-refractivity contribution < 1.29 is 9.53 Å². The highest BCUT2D eigenvalue weighted by atomic mass is 16.6. The predicted molar refractivity (Wildman–Crippen MR) is 81.6 cm³/mol. The molecule has 1 saturated heterocycles. The molecule has 3 N–H and O–H groups in total. The molecule has 1 rings (SSSR count). The number of likely N-dealkylation sites (tertiary alicyclic amines) is 1. The molecule has 4 unspecified atom stereocenters. The van der Waals surface area contributed by atoms with E-state index in [1.807, 2.05) is 27.7 Å². The Kier molecular flexibility index (Phi) is 5.83. The molecule has 5 heteroatoms. The zero-order valence-electron chi connectivity index (χ0n) is 13.8. The van der Waals surface area contributed by atoms with Crippen molar-refractivity contribution in [2.24, 2.45) is 11.7 Å². The third-order valence-electron chi connectivity index (χ3n) is 3.82. The maximum Gasteiger partial charge on any atom is 0.407 e. The third kappa shape index (κ3) is 4.94. The molecule has 118 valence electrons. The van der Waals surface area contributed by atoms with Gasteiger partial charge in [-0.1, -0.05) is 6.92 Å². The summed E-state index contributed by atoms with van der Waals surface area (Å²) in [7, 11) is 0. The maximum absolute atomic E-state index is 11.9. The number of carbonyl (C=O) groups is 1. The number of amides is 1. The van der Waals surface area contributed by atoms with Crippen LogP contribution in [0.1, 0.15) is 48.0 Å². The molecule has 5 nitrogen and oxygen atoms in total. The normalized spacial score (nSPS) is 27.1. The number of hydrogen-bond donors (Lipinski definition) is 2. The zero-order valence-corrected chi connectivity index (χ0v) is 13.8. The van der Waals surface area contributed by atoms with Gasteiger partial charge in [0.05, 0.1) is 0 Å². The van der Waals surface area contributed by atoms with Gasteiger partial charge in [0.1, 0.15) is 5.60 Å². The molecule has 1 heterocycles. The standard InChI is InChI=1S/C15H31N3O2/c1-10-7-11(2)18(9-10)13(8-16)12(3)17-14(19)20-15(4,5)6/h10-13H,7-9,16H2,1-6H3,(H,17,19). The summed E-state index contributed by atoms with van der Waals surface area (Å²) in [6, 6.07) is 0.645. The molecule has 0 aliphatic carbocycles. The Balaban J connectivity index is 2.59. The van der Waals surface area contributed by atoms with Crippen LogP contribution >= 0.6 is 0 Å². The second kappa shape index (κ2) is 6.76. The Morgan fingerprint density at radius 3 is 2.45 bits per heavy atom. The first kappa shape index (κ1) is 17.2. The Labute approximate surface area is 123 Å². The number of nitrogens with two attached hydrogens (primary N) is 1. The number of carbonyl (C=O) groups excluding carboxylic acids is 1. The van der Waals surface area contributed by atoms with Crippen LogP contribution < -0.4 is 11.1 Å². The van der Waals surface area contributed by atoms with Crippen molar-refractivity contribution in [3.05, 3.63) is 0 Å². The minimum atomic E-state index is -0.475. The maximum atomic E-state index is 11.9. The Morgan fingerprint density at radius 1 is 1.45 bits per heavy atom. The fourth-order valence-electron chi connectivity index (χ4n) is 3.01. The van der Waals surface area contributed by atoms with Crippen molar-refractivity contribution >= 4 is 6.09 Å². The van der Waals surface area contributed by atoms with Gasteiger partial charge < -0.3 is 15.8 Å². The highest BCUT2D eigenvalue weighted by Crippen LogP contribution is 2.25. The SMILES string of the molecule is CC1CC(C)N(C(CN)C(C)NC(=O)OC(C)(C)C)C1. The molecule has 0 aromatic heterocycles. The van der Waals surface area contributed by atoms with E-state index in [0.29, 0.717) is 18.5 Å². The molecular weight excluding hydrogens is 254 g/mol. The van der Waals surface area contributed by atoms with E-state index in [0.717, 1.165) is 6.54 Å². The number of ether oxygens (including phenoxy) is 1. The first-order valence-electron chi connectivity index (χ1n) is 7.59. The summed E-state index contributed by atoms with van der Waals surface area (Å²) < 4.78 is 5.30. The fraction of sp³-hybridized carbons (Fsp3) is 0.933. The Morgan fingerprint density at radius 2 is 2.05 bits per heavy atom. The molecule has 0 saturated carbocycles. The average Bonchev–Trinajstić information content (AvgIpc) is 2.56. The van der Waals surface area contributed by atoms with E-state index >= 15 is 0 Å². The Bertz CT molecular complexity index is 328. The van der Waals surface area contributed by atoms with Gasteiger partial charge in [0.15, 0.2) is 0 Å². The highest BCUT2D eigenvalue weighted by molar-refractivity contribution is 5.68. The van der Waals surface area contributed by atoms with Gasteiger partial charge in [-0.25, -0.2) is 4.79 Å². The molecule has 4 atom stereocenters. The van der Waals surface area contributed by atoms with Crippen molar-refractivity contribution in [2.45, 2.75) is 71.7 Å². The van der Waals surface area contributed by atoms with Crippen molar-refractivity contribution in [3.63, 3.8) is 0 Å². The number of alkyl carbamates (subject to hydrolysis) is 1. The van der Waals surface area contributed by atoms with E-state index in [9.17, 15) is 4.79 Å². The van der Waals surface area contributed by atoms with Crippen molar-refractivity contribution in [1.29, 1.82) is 0 Å². The first-order valence-corrected chi connectivity index (χ1v) is 7.59. The third-order valence-corrected chi connectivity index (χ3v) is 3.82. The monoisotopic (exact) mass is 285 g/mol. The zero-order chi connectivity index (χ0) is 15.5. The molecule has 0 aromatic carbocycles. The number of hydrogen-bond acceptors (Lipinski definition) is 4. The highest BCUT2D eigenvalue weighted by Gasteiger charge is 2.34. The number of nitrogens with one attached hydrogen (secondary N) is 1. The van der Waals surface area contributed by atoms with Gasteiger partial charge in [-0.15, -0.1) is 0 Å². The molecule has 1 amide bonds. The van der Waals surface area contributed by atoms with Crippen LogP contribution in [-0.2, 0) is 4.74 Å². The summed E-state index contributed by atoms with van der Waals surface area (Å²) in [6.45, 7) is 13.7. The summed E-state index contributed by atoms with van der Waals surface area (Å²) in [6.07, 6.45) is 0.818. The van der Waals surface area contributed by atoms with Crippen LogP contribution in [0, 0.1) is 5.92 Å². The van der Waals surface area contributed by atoms with Gasteiger partial charge in [0, 0.05) is 31.2 Å². The smallest absolute Gasteiger partial charge is 0.407 e. The van der Waals surface area contributed by atoms with Crippen LogP contribution in [-0.4, -0.2) is 47.8 Å². The van der Waals surface area contributed by atoms with Gasteiger partial charge in [-0.3, -0.25) is 4.90 Å². The lowest BCUT2D eigenvalue weighted by Gasteiger charge is -2.35. The summed E-state index contributed by atoms with van der Waals surface area (Å²) in [4.78, 5) is 14.3. The van der Waals surface area contributed by atoms with Crippen LogP contribution in [0.3, 0.4) is 0 Å². The summed E-state index contributed by atoms with van der Waals surface area (Å²) in [5.41, 5.74) is 5.46. The average molecular weight is 285 g/mol. The van der Waals surface area contributed by atoms with Crippen molar-refractivity contribution in [3.8, 4) is 0 Å². The minimum Gasteiger partial charge on any atom is -0.444 e. The molecule has 1 aliphatic rings. The lowest BCUT2D eigenvalue weighted by Crippen LogP contribution is -2.55. The van der Waals surface area contributed by atoms with Crippen LogP contribution in [0.25, 0.3) is 0 Å². The lowest BCUT2D eigenvalue weighted by atomic mass is 10.1. The van der Waals surface area contributed by atoms with Gasteiger partial charge in [-0.2, -0.15) is 0 Å². The second-order valence-corrected chi connectivity index (χ2v) is 7.12. The number of nitrogens with zero attached hydrogens (tertiary/aromatic N) is 1. The molecule has 20 heavy (non-hydrogen) atoms. The van der Waals surface area contributed by atoms with Crippen LogP contribution in [0.2, 0.25) is 0 Å². The Hall–Kier alpha value is -0.810. The van der Waals surface area contributed by atoms with E-state index in [2.05, 4.69) is 24.1 Å². The fourth-order valence-corrected chi connectivity index (χ4v) is 3.01. The molecule has 0 aromatic rings. The molecule has 1 aliphatic heterocycles. The van der Waals surface area contributed by atoms with E-state index in [1.54, 1.807) is 0 Å². The van der Waals surface area contributed by atoms with Gasteiger partial charge in [0.2, 0.25) is 0 Å². The molecule has 0 bridgehead atoms. The largest absolute Gasteiger partial charge is 0.444 e. The molecule has 1 fully saturated rings. The van der Waals surface area contributed by atoms with Crippen LogP contribution in [0.5, 0.6) is 0 Å². The summed E-state index contributed by atoms with van der Waals surface area (Å²) >= 11 is 0. The van der Waals surface area contributed by atoms with E-state index in [4.69, 9.17) is 10.5 Å². The van der Waals surface area contributed by atoms with Gasteiger partial charge in [0.25, 0.3) is 0 Å². The van der Waals surface area contributed by atoms with Crippen molar-refractivity contribution in [2.75, 3.05) is 13.1 Å². The number of rotatable bonds is 4. The second-order valence-electron chi connectivity index (χ2n) is 7.12. The lowest BCUT2D eigenvalue weighted by molar-refractivity contribution is 0.0466. The van der Waals surface area contributed by atoms with Crippen LogP contribution in [0.15, 0.2) is 0 Å². The summed E-state index contributed by atoms with van der Waals surface area (Å²) in [5.74, 6) is 0.688. The summed E-state index contributed by atoms with van der Waals surface area (Å²) in [5, 5.41) is 2.92. The molecule has 0 radical (unpaired) electrons. The van der Waals surface area contributed by atoms with Gasteiger partial charge >= 0.3 is 6.09 Å². The quantitative estimate of drug-likeness (QED) is 0.828. The van der Waals surface area contributed by atoms with E-state index in [1.165, 1.54) is 6.42 Å². The predicted octanol–water partition coefficient (Wildman–Crippen LogP) is 1.96. The first-order chi connectivity index (χ1) is 9.14. The molecular formula is C15H31N3O2. The van der Waals surface area contributed by atoms with E-state index < -0.39 is 5.60 Å². The molecule has 0 spiro atoms. The van der Waals surface area contributed by atoms with Crippen LogP contribution in [0.4, 0.5) is 4.79 Å². The topological polar surface area (TPSA) is 67.6 Å². The van der Waals surface area contributed by atoms with Gasteiger partial charge in [-0.05, 0) is 47.0 Å².